The zero-order valence-corrected chi connectivity index (χ0v) is 23.8. The summed E-state index contributed by atoms with van der Waals surface area (Å²) in [5.41, 5.74) is 5.95. The number of hydrogen-bond donors (Lipinski definition) is 2. The topological polar surface area (TPSA) is 108 Å². The van der Waals surface area contributed by atoms with Crippen LogP contribution in [0.2, 0.25) is 25.7 Å². The summed E-state index contributed by atoms with van der Waals surface area (Å²) < 4.78 is 40.9. The number of carbonyl (C=O) groups excluding carboxylic acids is 2. The highest BCUT2D eigenvalue weighted by Gasteiger charge is 2.30. The molecule has 0 fully saturated rings. The van der Waals surface area contributed by atoms with Crippen LogP contribution in [0, 0.1) is 25.5 Å². The molecule has 38 heavy (non-hydrogen) atoms. The number of aryl methyl sites for hydroxylation is 2. The van der Waals surface area contributed by atoms with Gasteiger partial charge in [0.15, 0.2) is 11.4 Å². The van der Waals surface area contributed by atoms with Gasteiger partial charge >= 0.3 is 6.09 Å². The third-order valence-electron chi connectivity index (χ3n) is 6.25. The van der Waals surface area contributed by atoms with Crippen molar-refractivity contribution in [2.45, 2.75) is 71.5 Å². The van der Waals surface area contributed by atoms with Crippen LogP contribution >= 0.6 is 0 Å². The average Bonchev–Trinajstić information content (AvgIpc) is 3.11. The largest absolute Gasteiger partial charge is 0.485 e. The van der Waals surface area contributed by atoms with Gasteiger partial charge in [-0.15, -0.1) is 0 Å². The van der Waals surface area contributed by atoms with Gasteiger partial charge < -0.3 is 20.5 Å². The Bertz CT molecular complexity index is 1320. The summed E-state index contributed by atoms with van der Waals surface area (Å²) in [6.07, 6.45) is 2.22. The summed E-state index contributed by atoms with van der Waals surface area (Å²) in [5, 5.41) is 2.86. The van der Waals surface area contributed by atoms with Crippen molar-refractivity contribution in [3.8, 4) is 5.75 Å². The van der Waals surface area contributed by atoms with Gasteiger partial charge in [-0.25, -0.2) is 18.6 Å². The second kappa shape index (κ2) is 11.5. The Morgan fingerprint density at radius 2 is 1.84 bits per heavy atom. The minimum Gasteiger partial charge on any atom is -0.485 e. The monoisotopic (exact) mass is 546 g/mol. The van der Waals surface area contributed by atoms with Crippen LogP contribution in [0.1, 0.15) is 47.1 Å². The molecule has 2 amide bonds. The van der Waals surface area contributed by atoms with Crippen molar-refractivity contribution in [3.63, 3.8) is 0 Å². The van der Waals surface area contributed by atoms with E-state index in [0.29, 0.717) is 17.8 Å². The van der Waals surface area contributed by atoms with Gasteiger partial charge in [0.1, 0.15) is 29.5 Å². The summed E-state index contributed by atoms with van der Waals surface area (Å²) in [4.78, 5) is 29.4. The molecule has 1 atom stereocenters. The quantitative estimate of drug-likeness (QED) is 0.308. The van der Waals surface area contributed by atoms with E-state index in [1.807, 2.05) is 6.92 Å². The molecule has 3 N–H and O–H groups in total. The van der Waals surface area contributed by atoms with Crippen molar-refractivity contribution in [1.82, 2.24) is 14.7 Å². The molecule has 0 aliphatic carbocycles. The Balaban J connectivity index is 1.82. The molecule has 206 valence electrons. The van der Waals surface area contributed by atoms with Crippen molar-refractivity contribution in [1.29, 1.82) is 0 Å². The first kappa shape index (κ1) is 29.1. The Morgan fingerprint density at radius 3 is 2.45 bits per heavy atom. The van der Waals surface area contributed by atoms with Crippen molar-refractivity contribution in [2.75, 3.05) is 6.54 Å². The summed E-state index contributed by atoms with van der Waals surface area (Å²) in [5.74, 6) is -1.56. The molecule has 8 nitrogen and oxygen atoms in total. The van der Waals surface area contributed by atoms with Gasteiger partial charge in [-0.2, -0.15) is 0 Å². The highest BCUT2D eigenvalue weighted by atomic mass is 28.3. The predicted molar refractivity (Wildman–Crippen MR) is 144 cm³/mol. The summed E-state index contributed by atoms with van der Waals surface area (Å²) in [7, 11) is -1.29. The van der Waals surface area contributed by atoms with Gasteiger partial charge in [0.25, 0.3) is 5.91 Å². The molecule has 0 radical (unpaired) electrons. The number of aromatic nitrogens is 2. The third-order valence-corrected chi connectivity index (χ3v) is 8.10. The molecule has 0 saturated heterocycles. The predicted octanol–water partition coefficient (Wildman–Crippen LogP) is 5.51. The van der Waals surface area contributed by atoms with Gasteiger partial charge in [0.05, 0.1) is 17.8 Å². The van der Waals surface area contributed by atoms with E-state index in [4.69, 9.17) is 15.2 Å². The van der Waals surface area contributed by atoms with Crippen LogP contribution in [0.15, 0.2) is 30.5 Å². The van der Waals surface area contributed by atoms with Gasteiger partial charge in [-0.05, 0) is 51.0 Å². The van der Waals surface area contributed by atoms with E-state index in [1.54, 1.807) is 30.5 Å². The highest BCUT2D eigenvalue weighted by molar-refractivity contribution is 6.76. The molecule has 0 aliphatic heterocycles. The van der Waals surface area contributed by atoms with Crippen molar-refractivity contribution < 1.29 is 27.8 Å². The molecule has 11 heteroatoms. The lowest BCUT2D eigenvalue weighted by Gasteiger charge is -2.30. The van der Waals surface area contributed by atoms with E-state index in [1.165, 1.54) is 6.07 Å². The molecule has 2 aromatic heterocycles. The van der Waals surface area contributed by atoms with Crippen LogP contribution in [0.3, 0.4) is 0 Å². The van der Waals surface area contributed by atoms with Crippen molar-refractivity contribution in [2.24, 2.45) is 5.73 Å². The fraction of sp³-hybridized carbons (Fsp3) is 0.444. The molecular formula is C27H36F2N4O4Si. The number of rotatable bonds is 11. The minimum atomic E-state index is -1.29. The summed E-state index contributed by atoms with van der Waals surface area (Å²) in [6.45, 7) is 11.8. The number of fused-ring (bicyclic) bond motifs is 1. The van der Waals surface area contributed by atoms with E-state index in [-0.39, 0.29) is 30.2 Å². The summed E-state index contributed by atoms with van der Waals surface area (Å²) in [6, 6.07) is 6.35. The number of imidazole rings is 1. The Hall–Kier alpha value is -3.47. The molecule has 3 rings (SSSR count). The second-order valence-electron chi connectivity index (χ2n) is 11.1. The normalized spacial score (nSPS) is 13.3. The smallest absolute Gasteiger partial charge is 0.405 e. The average molecular weight is 547 g/mol. The van der Waals surface area contributed by atoms with E-state index in [0.717, 1.165) is 30.2 Å². The molecule has 2 heterocycles. The van der Waals surface area contributed by atoms with Crippen LogP contribution in [-0.4, -0.2) is 41.6 Å². The fourth-order valence-corrected chi connectivity index (χ4v) is 5.56. The van der Waals surface area contributed by atoms with Crippen molar-refractivity contribution in [3.05, 3.63) is 64.6 Å². The Labute approximate surface area is 222 Å². The first-order valence-corrected chi connectivity index (χ1v) is 16.2. The molecule has 1 aromatic carbocycles. The SMILES string of the molecule is Cc1cc(OCc2c(F)cccc2F)c2nc(C)c(C(=O)NCC(C)(CCC[Si](C)(C)C)OC(N)=O)n2c1. The zero-order valence-electron chi connectivity index (χ0n) is 22.8. The number of ether oxygens (including phenoxy) is 2. The number of hydrogen-bond acceptors (Lipinski definition) is 5. The number of amides is 2. The third kappa shape index (κ3) is 7.30. The van der Waals surface area contributed by atoms with Crippen LogP contribution in [-0.2, 0) is 11.3 Å². The molecule has 0 spiro atoms. The van der Waals surface area contributed by atoms with E-state index >= 15 is 0 Å². The lowest BCUT2D eigenvalue weighted by molar-refractivity contribution is 0.0234. The molecule has 3 aromatic rings. The maximum absolute atomic E-state index is 14.1. The molecule has 0 bridgehead atoms. The maximum Gasteiger partial charge on any atom is 0.405 e. The van der Waals surface area contributed by atoms with Crippen LogP contribution < -0.4 is 15.8 Å². The van der Waals surface area contributed by atoms with Gasteiger partial charge in [-0.3, -0.25) is 9.20 Å². The number of nitrogens with zero attached hydrogens (tertiary/aromatic N) is 2. The number of nitrogens with one attached hydrogen (secondary N) is 1. The lowest BCUT2D eigenvalue weighted by Crippen LogP contribution is -2.45. The van der Waals surface area contributed by atoms with E-state index in [2.05, 4.69) is 29.9 Å². The van der Waals surface area contributed by atoms with E-state index < -0.39 is 37.3 Å². The molecule has 0 aliphatic rings. The number of pyridine rings is 1. The Kier molecular flexibility index (Phi) is 8.81. The first-order chi connectivity index (χ1) is 17.7. The fourth-order valence-electron chi connectivity index (χ4n) is 4.32. The van der Waals surface area contributed by atoms with Crippen molar-refractivity contribution >= 4 is 25.7 Å². The maximum atomic E-state index is 14.1. The molecule has 1 unspecified atom stereocenters. The van der Waals surface area contributed by atoms with Crippen LogP contribution in [0.4, 0.5) is 13.6 Å². The summed E-state index contributed by atoms with van der Waals surface area (Å²) >= 11 is 0. The number of primary amides is 1. The lowest BCUT2D eigenvalue weighted by atomic mass is 10.00. The minimum absolute atomic E-state index is 0.0644. The Morgan fingerprint density at radius 1 is 1.18 bits per heavy atom. The highest BCUT2D eigenvalue weighted by Crippen LogP contribution is 2.27. The standard InChI is InChI=1S/C27H36F2N4O4Si/c1-17-13-22(36-15-19-20(28)9-7-10-21(19)29)24-32-18(2)23(33(24)14-17)25(34)31-16-27(3,37-26(30)35)11-8-12-38(4,5)6/h7,9-10,13-14H,8,11-12,15-16H2,1-6H3,(H2,30,35)(H,31,34). The number of benzene rings is 1. The van der Waals surface area contributed by atoms with Gasteiger partial charge in [0.2, 0.25) is 0 Å². The number of nitrogens with two attached hydrogens (primary N) is 1. The molecular weight excluding hydrogens is 510 g/mol. The van der Waals surface area contributed by atoms with Crippen LogP contribution in [0.5, 0.6) is 5.75 Å². The number of carbonyl (C=O) groups is 2. The van der Waals surface area contributed by atoms with Gasteiger partial charge in [0, 0.05) is 14.3 Å². The van der Waals surface area contributed by atoms with Crippen LogP contribution in [0.25, 0.3) is 5.65 Å². The number of halogens is 2. The first-order valence-electron chi connectivity index (χ1n) is 12.5. The second-order valence-corrected chi connectivity index (χ2v) is 16.7. The van der Waals surface area contributed by atoms with Gasteiger partial charge in [-0.1, -0.05) is 38.2 Å². The zero-order chi connectivity index (χ0) is 28.3. The molecule has 0 saturated carbocycles. The van der Waals surface area contributed by atoms with E-state index in [9.17, 15) is 18.4 Å².